The minimum Gasteiger partial charge on any atom is -0.455 e. The summed E-state index contributed by atoms with van der Waals surface area (Å²) in [4.78, 5) is 39.3. The van der Waals surface area contributed by atoms with Crippen LogP contribution in [0.3, 0.4) is 0 Å². The quantitative estimate of drug-likeness (QED) is 0.0549. The first-order valence-corrected chi connectivity index (χ1v) is 25.8. The molecule has 5 aromatic rings. The number of nitro groups is 1. The lowest BCUT2D eigenvalue weighted by Gasteiger charge is -2.39. The molecule has 3 aromatic carbocycles. The second kappa shape index (κ2) is 19.7. The van der Waals surface area contributed by atoms with Gasteiger partial charge in [0, 0.05) is 104 Å². The van der Waals surface area contributed by atoms with Crippen molar-refractivity contribution in [2.75, 3.05) is 74.1 Å². The van der Waals surface area contributed by atoms with Gasteiger partial charge in [0.1, 0.15) is 22.8 Å². The number of aromatic amines is 1. The van der Waals surface area contributed by atoms with Gasteiger partial charge in [-0.2, -0.15) is 5.26 Å². The zero-order valence-electron chi connectivity index (χ0n) is 37.5. The standard InChI is InChI=1S/C47H53ClN10O7S2/c1-32(29-56-20-22-66(62,23-21-56)52-31-49)53-42-11-9-39(26-43(42)58(60)61)67(63,64)54-46(59)40-10-8-37(25-44(40)65-38-24-34-13-15-50-45(34)51-28-38)57-18-16-55(17-19-57)30-35-12-14-47(2,3)27-41(35)33-4-6-36(48)7-5-33/h4-11,13,15,24-26,28,32,53H,12,14,16-23,27,29-30H2,1-3H3,(H,50,51)(H,54,59)/t32-/m0/s1. The molecule has 17 nitrogen and oxygen atoms in total. The Morgan fingerprint density at radius 3 is 2.51 bits per heavy atom. The number of nitro benzene ring substituents is 1. The number of hydrogen-bond donors (Lipinski definition) is 3. The van der Waals surface area contributed by atoms with Gasteiger partial charge in [-0.1, -0.05) is 43.2 Å². The van der Waals surface area contributed by atoms with Gasteiger partial charge < -0.3 is 19.9 Å². The van der Waals surface area contributed by atoms with E-state index in [1.165, 1.54) is 41.1 Å². The summed E-state index contributed by atoms with van der Waals surface area (Å²) >= 11 is 6.24. The zero-order valence-corrected chi connectivity index (χ0v) is 39.9. The molecule has 0 spiro atoms. The van der Waals surface area contributed by atoms with Crippen molar-refractivity contribution in [2.45, 2.75) is 51.0 Å². The number of carbonyl (C=O) groups is 1. The molecule has 3 N–H and O–H groups in total. The highest BCUT2D eigenvalue weighted by molar-refractivity contribution is 7.93. The van der Waals surface area contributed by atoms with E-state index in [2.05, 4.69) is 60.1 Å². The molecule has 1 aliphatic carbocycles. The van der Waals surface area contributed by atoms with E-state index in [0.717, 1.165) is 61.1 Å². The number of H-pyrrole nitrogens is 1. The Balaban J connectivity index is 0.980. The molecule has 20 heteroatoms. The van der Waals surface area contributed by atoms with Crippen LogP contribution in [0.25, 0.3) is 16.6 Å². The molecular formula is C47H53ClN10O7S2. The number of hydrogen-bond acceptors (Lipinski definition) is 14. The molecule has 2 saturated heterocycles. The van der Waals surface area contributed by atoms with Crippen LogP contribution >= 0.6 is 11.6 Å². The number of sulfonamides is 1. The number of nitriles is 1. The highest BCUT2D eigenvalue weighted by Crippen LogP contribution is 2.43. The zero-order chi connectivity index (χ0) is 47.5. The lowest BCUT2D eigenvalue weighted by atomic mass is 9.72. The SMILES string of the molecule is C[C@@H](CN1CCS(=O)(=NC#N)CC1)Nc1ccc(S(=O)(=O)NC(=O)c2ccc(N3CCN(CC4=C(c5ccc(Cl)cc5)CC(C)(C)CC4)CC3)cc2Oc2cnc3[nH]ccc3c2)cc1[N+](=O)[O-]. The summed E-state index contributed by atoms with van der Waals surface area (Å²) in [5, 5.41) is 25.7. The lowest BCUT2D eigenvalue weighted by molar-refractivity contribution is -0.384. The van der Waals surface area contributed by atoms with Crippen molar-refractivity contribution in [3.63, 3.8) is 0 Å². The summed E-state index contributed by atoms with van der Waals surface area (Å²) in [5.41, 5.74) is 5.22. The van der Waals surface area contributed by atoms with E-state index in [4.69, 9.17) is 21.6 Å². The molecule has 2 aliphatic heterocycles. The number of pyridine rings is 1. The molecule has 0 unspecified atom stereocenters. The third kappa shape index (κ3) is 11.4. The number of halogens is 1. The number of nitrogens with zero attached hydrogens (tertiary/aromatic N) is 7. The maximum atomic E-state index is 14.0. The third-order valence-electron chi connectivity index (χ3n) is 12.6. The van der Waals surface area contributed by atoms with Crippen molar-refractivity contribution in [1.29, 1.82) is 5.26 Å². The Hall–Kier alpha value is -6.04. The Bertz CT molecular complexity index is 2990. The van der Waals surface area contributed by atoms with Gasteiger partial charge in [0.05, 0.1) is 31.3 Å². The fourth-order valence-electron chi connectivity index (χ4n) is 8.97. The molecule has 67 heavy (non-hydrogen) atoms. The van der Waals surface area contributed by atoms with Gasteiger partial charge in [0.15, 0.2) is 0 Å². The van der Waals surface area contributed by atoms with Crippen LogP contribution in [0, 0.1) is 27.0 Å². The normalized spacial score (nSPS) is 18.2. The summed E-state index contributed by atoms with van der Waals surface area (Å²) in [7, 11) is -7.20. The monoisotopic (exact) mass is 968 g/mol. The van der Waals surface area contributed by atoms with Crippen LogP contribution in [0.15, 0.2) is 100 Å². The van der Waals surface area contributed by atoms with Gasteiger partial charge in [-0.3, -0.25) is 24.7 Å². The number of benzene rings is 3. The van der Waals surface area contributed by atoms with Crippen LogP contribution in [0.1, 0.15) is 56.0 Å². The molecule has 0 bridgehead atoms. The van der Waals surface area contributed by atoms with E-state index in [1.807, 2.05) is 30.0 Å². The van der Waals surface area contributed by atoms with E-state index in [0.29, 0.717) is 44.1 Å². The van der Waals surface area contributed by atoms with E-state index < -0.39 is 41.2 Å². The Labute approximate surface area is 395 Å². The second-order valence-corrected chi connectivity index (χ2v) is 22.8. The number of aromatic nitrogens is 2. The number of nitrogens with one attached hydrogen (secondary N) is 3. The minimum absolute atomic E-state index is 0.0709. The van der Waals surface area contributed by atoms with Gasteiger partial charge in [0.25, 0.3) is 21.6 Å². The van der Waals surface area contributed by atoms with Crippen molar-refractivity contribution < 1.29 is 27.1 Å². The number of anilines is 2. The molecule has 4 heterocycles. The first kappa shape index (κ1) is 47.5. The van der Waals surface area contributed by atoms with E-state index in [9.17, 15) is 27.5 Å². The molecule has 1 atom stereocenters. The van der Waals surface area contributed by atoms with Gasteiger partial charge in [0.2, 0.25) is 6.19 Å². The van der Waals surface area contributed by atoms with Crippen LogP contribution in [0.4, 0.5) is 17.1 Å². The largest absolute Gasteiger partial charge is 0.455 e. The highest BCUT2D eigenvalue weighted by Gasteiger charge is 2.31. The van der Waals surface area contributed by atoms with Crippen molar-refractivity contribution in [2.24, 2.45) is 9.78 Å². The van der Waals surface area contributed by atoms with E-state index >= 15 is 0 Å². The van der Waals surface area contributed by atoms with Crippen LogP contribution in [-0.2, 0) is 19.8 Å². The second-order valence-electron chi connectivity index (χ2n) is 18.2. The molecule has 0 radical (unpaired) electrons. The maximum absolute atomic E-state index is 14.0. The van der Waals surface area contributed by atoms with Crippen LogP contribution in [-0.4, -0.2) is 113 Å². The Morgan fingerprint density at radius 2 is 1.79 bits per heavy atom. The number of rotatable bonds is 14. The fraction of sp³-hybridized carbons (Fsp3) is 0.383. The number of ether oxygens (including phenoxy) is 1. The van der Waals surface area contributed by atoms with E-state index in [-0.39, 0.29) is 40.0 Å². The number of fused-ring (bicyclic) bond motifs is 1. The Morgan fingerprint density at radius 1 is 1.04 bits per heavy atom. The number of carbonyl (C=O) groups excluding carboxylic acids is 1. The predicted molar refractivity (Wildman–Crippen MR) is 260 cm³/mol. The van der Waals surface area contributed by atoms with Crippen LogP contribution in [0.5, 0.6) is 11.5 Å². The van der Waals surface area contributed by atoms with Gasteiger partial charge >= 0.3 is 0 Å². The van der Waals surface area contributed by atoms with Gasteiger partial charge in [-0.05, 0) is 91.3 Å². The summed E-state index contributed by atoms with van der Waals surface area (Å²) in [6.45, 7) is 11.6. The topological polar surface area (TPSA) is 219 Å². The van der Waals surface area contributed by atoms with E-state index in [1.54, 1.807) is 30.6 Å². The van der Waals surface area contributed by atoms with Crippen molar-refractivity contribution >= 4 is 70.9 Å². The summed E-state index contributed by atoms with van der Waals surface area (Å²) in [6, 6.07) is 19.8. The molecule has 2 fully saturated rings. The predicted octanol–water partition coefficient (Wildman–Crippen LogP) is 7.89. The molecule has 8 rings (SSSR count). The van der Waals surface area contributed by atoms with Gasteiger partial charge in [-0.15, -0.1) is 4.36 Å². The lowest BCUT2D eigenvalue weighted by Crippen LogP contribution is -2.47. The van der Waals surface area contributed by atoms with Crippen molar-refractivity contribution in [3.05, 3.63) is 117 Å². The molecule has 352 valence electrons. The summed E-state index contributed by atoms with van der Waals surface area (Å²) in [6.07, 6.45) is 8.04. The summed E-state index contributed by atoms with van der Waals surface area (Å²) in [5.74, 6) is -0.0786. The number of piperazine rings is 1. The third-order valence-corrected chi connectivity index (χ3v) is 16.3. The Kier molecular flexibility index (Phi) is 13.9. The van der Waals surface area contributed by atoms with Crippen molar-refractivity contribution in [3.8, 4) is 17.7 Å². The maximum Gasteiger partial charge on any atom is 0.293 e. The van der Waals surface area contributed by atoms with Crippen molar-refractivity contribution in [1.82, 2.24) is 24.5 Å². The molecule has 3 aliphatic rings. The fourth-order valence-corrected chi connectivity index (χ4v) is 11.7. The number of amides is 1. The number of allylic oxidation sites excluding steroid dienone is 1. The molecular weight excluding hydrogens is 916 g/mol. The average Bonchev–Trinajstić information content (AvgIpc) is 3.76. The van der Waals surface area contributed by atoms with Crippen LogP contribution < -0.4 is 19.7 Å². The van der Waals surface area contributed by atoms with Crippen LogP contribution in [0.2, 0.25) is 5.02 Å². The minimum atomic E-state index is -4.63. The first-order valence-electron chi connectivity index (χ1n) is 22.1. The molecule has 1 amide bonds. The van der Waals surface area contributed by atoms with Gasteiger partial charge in [-0.25, -0.2) is 22.3 Å². The first-order chi connectivity index (χ1) is 32.0. The summed E-state index contributed by atoms with van der Waals surface area (Å²) < 4.78 is 52.2. The molecule has 0 saturated carbocycles. The molecule has 2 aromatic heterocycles. The average molecular weight is 970 g/mol. The smallest absolute Gasteiger partial charge is 0.293 e. The highest BCUT2D eigenvalue weighted by atomic mass is 35.5.